The summed E-state index contributed by atoms with van der Waals surface area (Å²) in [5.41, 5.74) is 1.35. The van der Waals surface area contributed by atoms with Crippen LogP contribution in [0.25, 0.3) is 0 Å². The summed E-state index contributed by atoms with van der Waals surface area (Å²) in [4.78, 5) is 4.05. The van der Waals surface area contributed by atoms with Gasteiger partial charge in [-0.1, -0.05) is 30.3 Å². The van der Waals surface area contributed by atoms with E-state index >= 15 is 0 Å². The van der Waals surface area contributed by atoms with Crippen molar-refractivity contribution in [3.8, 4) is 5.88 Å². The Labute approximate surface area is 114 Å². The zero-order valence-electron chi connectivity index (χ0n) is 9.45. The summed E-state index contributed by atoms with van der Waals surface area (Å²) in [6, 6.07) is 11.2. The monoisotopic (exact) mass is 307 g/mol. The van der Waals surface area contributed by atoms with E-state index in [1.54, 1.807) is 0 Å². The molecule has 0 spiro atoms. The first-order valence-electron chi connectivity index (χ1n) is 5.35. The average Bonchev–Trinajstić information content (AvgIpc) is 2.38. The molecule has 0 unspecified atom stereocenters. The number of benzene rings is 1. The molecule has 0 atom stereocenters. The zero-order valence-corrected chi connectivity index (χ0v) is 11.0. The maximum absolute atomic E-state index is 9.16. The van der Waals surface area contributed by atoms with Crippen molar-refractivity contribution in [2.75, 3.05) is 0 Å². The van der Waals surface area contributed by atoms with E-state index in [9.17, 15) is 0 Å². The lowest BCUT2D eigenvalue weighted by Gasteiger charge is -2.08. The van der Waals surface area contributed by atoms with Crippen molar-refractivity contribution in [2.24, 2.45) is 0 Å². The van der Waals surface area contributed by atoms with Crippen molar-refractivity contribution in [1.29, 1.82) is 0 Å². The average molecular weight is 308 g/mol. The lowest BCUT2D eigenvalue weighted by atomic mass is 9.81. The Kier molecular flexibility index (Phi) is 4.35. The molecule has 1 aromatic heterocycles. The molecular formula is C12H11BBrNO3. The third kappa shape index (κ3) is 3.32. The largest absolute Gasteiger partial charge is 0.489 e. The Bertz CT molecular complexity index is 522. The van der Waals surface area contributed by atoms with Crippen LogP contribution in [0, 0.1) is 0 Å². The Morgan fingerprint density at radius 3 is 2.61 bits per heavy atom. The maximum Gasteiger partial charge on any atom is 0.489 e. The van der Waals surface area contributed by atoms with Gasteiger partial charge in [0.1, 0.15) is 6.61 Å². The standard InChI is InChI=1S/C12H11BBrNO3/c14-11-7-15-12(6-10(11)13(16)17)18-8-9-4-2-1-3-5-9/h1-7,16-17H,8H2. The van der Waals surface area contributed by atoms with Crippen molar-refractivity contribution in [3.63, 3.8) is 0 Å². The number of hydrogen-bond acceptors (Lipinski definition) is 4. The molecule has 2 N–H and O–H groups in total. The van der Waals surface area contributed by atoms with E-state index in [0.29, 0.717) is 22.4 Å². The van der Waals surface area contributed by atoms with Crippen molar-refractivity contribution in [1.82, 2.24) is 4.98 Å². The Balaban J connectivity index is 2.08. The zero-order chi connectivity index (χ0) is 13.0. The van der Waals surface area contributed by atoms with Gasteiger partial charge in [0.25, 0.3) is 0 Å². The maximum atomic E-state index is 9.16. The van der Waals surface area contributed by atoms with Crippen molar-refractivity contribution in [3.05, 3.63) is 52.6 Å². The molecule has 0 fully saturated rings. The van der Waals surface area contributed by atoms with E-state index in [0.717, 1.165) is 5.56 Å². The van der Waals surface area contributed by atoms with E-state index < -0.39 is 7.12 Å². The van der Waals surface area contributed by atoms with Gasteiger partial charge in [0, 0.05) is 22.2 Å². The third-order valence-electron chi connectivity index (χ3n) is 2.37. The number of pyridine rings is 1. The molecule has 0 saturated heterocycles. The highest BCUT2D eigenvalue weighted by Crippen LogP contribution is 2.12. The molecule has 1 heterocycles. The lowest BCUT2D eigenvalue weighted by Crippen LogP contribution is -2.31. The summed E-state index contributed by atoms with van der Waals surface area (Å²) in [7, 11) is -1.55. The van der Waals surface area contributed by atoms with Gasteiger partial charge in [-0.15, -0.1) is 0 Å². The van der Waals surface area contributed by atoms with Crippen molar-refractivity contribution < 1.29 is 14.8 Å². The van der Waals surface area contributed by atoms with E-state index in [2.05, 4.69) is 20.9 Å². The van der Waals surface area contributed by atoms with Crippen LogP contribution in [0.5, 0.6) is 5.88 Å². The van der Waals surface area contributed by atoms with Crippen LogP contribution in [0.15, 0.2) is 47.1 Å². The van der Waals surface area contributed by atoms with Gasteiger partial charge in [0.15, 0.2) is 0 Å². The predicted molar refractivity (Wildman–Crippen MR) is 72.5 cm³/mol. The minimum atomic E-state index is -1.55. The van der Waals surface area contributed by atoms with Gasteiger partial charge in [0.05, 0.1) is 0 Å². The first-order valence-corrected chi connectivity index (χ1v) is 6.14. The van der Waals surface area contributed by atoms with E-state index in [-0.39, 0.29) is 0 Å². The van der Waals surface area contributed by atoms with Crippen LogP contribution in [0.3, 0.4) is 0 Å². The third-order valence-corrected chi connectivity index (χ3v) is 3.03. The Hall–Kier alpha value is -1.37. The van der Waals surface area contributed by atoms with Gasteiger partial charge >= 0.3 is 7.12 Å². The molecule has 6 heteroatoms. The molecule has 0 aliphatic carbocycles. The smallest absolute Gasteiger partial charge is 0.473 e. The highest BCUT2D eigenvalue weighted by atomic mass is 79.9. The van der Waals surface area contributed by atoms with Gasteiger partial charge in [-0.3, -0.25) is 0 Å². The lowest BCUT2D eigenvalue weighted by molar-refractivity contribution is 0.294. The minimum Gasteiger partial charge on any atom is -0.473 e. The number of rotatable bonds is 4. The molecule has 0 bridgehead atoms. The SMILES string of the molecule is OB(O)c1cc(OCc2ccccc2)ncc1Br. The first kappa shape index (κ1) is 13.1. The van der Waals surface area contributed by atoms with Crippen LogP contribution in [0.1, 0.15) is 5.56 Å². The molecule has 0 radical (unpaired) electrons. The van der Waals surface area contributed by atoms with Crippen LogP contribution in [0.2, 0.25) is 0 Å². The molecule has 2 aromatic rings. The van der Waals surface area contributed by atoms with Crippen LogP contribution in [-0.4, -0.2) is 22.2 Å². The van der Waals surface area contributed by atoms with Gasteiger partial charge in [-0.25, -0.2) is 4.98 Å². The summed E-state index contributed by atoms with van der Waals surface area (Å²) in [5.74, 6) is 0.352. The van der Waals surface area contributed by atoms with Gasteiger partial charge in [-0.05, 0) is 21.5 Å². The summed E-state index contributed by atoms with van der Waals surface area (Å²) >= 11 is 3.19. The second kappa shape index (κ2) is 5.99. The Morgan fingerprint density at radius 1 is 1.22 bits per heavy atom. The van der Waals surface area contributed by atoms with Crippen LogP contribution in [0.4, 0.5) is 0 Å². The second-order valence-corrected chi connectivity index (χ2v) is 4.55. The summed E-state index contributed by atoms with van der Waals surface area (Å²) in [6.07, 6.45) is 1.48. The molecule has 0 aliphatic rings. The highest BCUT2D eigenvalue weighted by Gasteiger charge is 2.16. The van der Waals surface area contributed by atoms with E-state index in [4.69, 9.17) is 14.8 Å². The number of nitrogens with zero attached hydrogens (tertiary/aromatic N) is 1. The number of halogens is 1. The molecular weight excluding hydrogens is 297 g/mol. The van der Waals surface area contributed by atoms with Crippen LogP contribution in [-0.2, 0) is 6.61 Å². The van der Waals surface area contributed by atoms with Crippen LogP contribution >= 0.6 is 15.9 Å². The highest BCUT2D eigenvalue weighted by molar-refractivity contribution is 9.10. The molecule has 0 aliphatic heterocycles. The molecule has 4 nitrogen and oxygen atoms in total. The summed E-state index contributed by atoms with van der Waals surface area (Å²) < 4.78 is 6.02. The summed E-state index contributed by atoms with van der Waals surface area (Å²) in [6.45, 7) is 0.385. The fourth-order valence-corrected chi connectivity index (χ4v) is 1.86. The molecule has 92 valence electrons. The van der Waals surface area contributed by atoms with E-state index in [1.807, 2.05) is 30.3 Å². The van der Waals surface area contributed by atoms with Gasteiger partial charge in [-0.2, -0.15) is 0 Å². The molecule has 2 rings (SSSR count). The fourth-order valence-electron chi connectivity index (χ4n) is 1.44. The molecule has 18 heavy (non-hydrogen) atoms. The van der Waals surface area contributed by atoms with Crippen LogP contribution < -0.4 is 10.2 Å². The Morgan fingerprint density at radius 2 is 1.94 bits per heavy atom. The van der Waals surface area contributed by atoms with Gasteiger partial charge < -0.3 is 14.8 Å². The van der Waals surface area contributed by atoms with E-state index in [1.165, 1.54) is 12.3 Å². The predicted octanol–water partition coefficient (Wildman–Crippen LogP) is 1.10. The topological polar surface area (TPSA) is 62.6 Å². The minimum absolute atomic E-state index is 0.327. The second-order valence-electron chi connectivity index (χ2n) is 3.69. The number of ether oxygens (including phenoxy) is 1. The van der Waals surface area contributed by atoms with Crippen molar-refractivity contribution in [2.45, 2.75) is 6.61 Å². The number of hydrogen-bond donors (Lipinski definition) is 2. The normalized spacial score (nSPS) is 10.2. The fraction of sp³-hybridized carbons (Fsp3) is 0.0833. The quantitative estimate of drug-likeness (QED) is 0.831. The molecule has 0 amide bonds. The van der Waals surface area contributed by atoms with Gasteiger partial charge in [0.2, 0.25) is 5.88 Å². The van der Waals surface area contributed by atoms with Crippen molar-refractivity contribution >= 4 is 28.5 Å². The first-order chi connectivity index (χ1) is 8.66. The molecule has 0 saturated carbocycles. The number of aromatic nitrogens is 1. The molecule has 1 aromatic carbocycles. The summed E-state index contributed by atoms with van der Waals surface area (Å²) in [5, 5.41) is 18.3.